The van der Waals surface area contributed by atoms with Gasteiger partial charge in [-0.1, -0.05) is 18.6 Å². The molecule has 4 aromatic rings. The Balaban J connectivity index is 1.01. The fraction of sp³-hybridized carbons (Fsp3) is 0.361. The highest BCUT2D eigenvalue weighted by molar-refractivity contribution is 6.04. The van der Waals surface area contributed by atoms with Crippen molar-refractivity contribution in [3.05, 3.63) is 71.9 Å². The summed E-state index contributed by atoms with van der Waals surface area (Å²) in [5.74, 6) is 0.727. The van der Waals surface area contributed by atoms with Gasteiger partial charge in [0.2, 0.25) is 11.7 Å². The molecular formula is C36H41N7O5. The smallest absolute Gasteiger partial charge is 0.291 e. The number of hydrogen-bond donors (Lipinski definition) is 2. The normalized spacial score (nSPS) is 16.7. The Morgan fingerprint density at radius 3 is 2.54 bits per heavy atom. The largest absolute Gasteiger partial charge is 0.493 e. The van der Waals surface area contributed by atoms with Crippen LogP contribution < -0.4 is 20.1 Å². The Hall–Kier alpha value is -5.23. The number of imidazole rings is 1. The Labute approximate surface area is 279 Å². The molecule has 12 heteroatoms. The van der Waals surface area contributed by atoms with Gasteiger partial charge in [0.25, 0.3) is 5.91 Å². The molecule has 48 heavy (non-hydrogen) atoms. The standard InChI is InChI=1S/C36H41N7O5/c1-23-16-25(20-41(23)2)24-10-12-26(13-11-24)38-36(46)35-40-33(22-42(35)3)39-34(45)9-7-15-48-32-18-29-28(17-31(32)47-4)30(44)21-43-14-6-5-8-27(43)19-37-29/h10-13,16-20,22,27H,5-9,14-15,21H2,1-4H3,(H,38,46)(H,39,45)/b37-19-/t27-/m0/s1. The van der Waals surface area contributed by atoms with Crippen molar-refractivity contribution in [2.45, 2.75) is 45.1 Å². The number of amides is 2. The van der Waals surface area contributed by atoms with Crippen molar-refractivity contribution in [1.29, 1.82) is 0 Å². The zero-order chi connectivity index (χ0) is 33.8. The zero-order valence-corrected chi connectivity index (χ0v) is 27.8. The number of anilines is 2. The van der Waals surface area contributed by atoms with Crippen LogP contribution in [0.3, 0.4) is 0 Å². The highest BCUT2D eigenvalue weighted by atomic mass is 16.5. The van der Waals surface area contributed by atoms with Crippen LogP contribution in [-0.2, 0) is 18.9 Å². The fourth-order valence-electron chi connectivity index (χ4n) is 6.09. The number of hydrogen-bond acceptors (Lipinski definition) is 8. The lowest BCUT2D eigenvalue weighted by molar-refractivity contribution is -0.116. The van der Waals surface area contributed by atoms with Crippen molar-refractivity contribution >= 4 is 41.0 Å². The number of rotatable bonds is 10. The van der Waals surface area contributed by atoms with Gasteiger partial charge in [-0.25, -0.2) is 4.98 Å². The molecule has 1 fully saturated rings. The van der Waals surface area contributed by atoms with Gasteiger partial charge in [0.1, 0.15) is 0 Å². The van der Waals surface area contributed by atoms with E-state index in [-0.39, 0.29) is 48.3 Å². The Morgan fingerprint density at radius 1 is 0.979 bits per heavy atom. The molecule has 2 N–H and O–H groups in total. The van der Waals surface area contributed by atoms with E-state index in [1.54, 1.807) is 29.9 Å². The molecule has 2 aliphatic rings. The molecule has 2 aliphatic heterocycles. The lowest BCUT2D eigenvalue weighted by Crippen LogP contribution is -2.44. The van der Waals surface area contributed by atoms with Crippen molar-refractivity contribution in [2.75, 3.05) is 37.4 Å². The first-order chi connectivity index (χ1) is 23.2. The maximum absolute atomic E-state index is 13.1. The van der Waals surface area contributed by atoms with Crippen LogP contribution in [0.4, 0.5) is 17.2 Å². The van der Waals surface area contributed by atoms with E-state index in [9.17, 15) is 14.4 Å². The number of carbonyl (C=O) groups is 3. The van der Waals surface area contributed by atoms with E-state index >= 15 is 0 Å². The minimum atomic E-state index is -0.387. The Morgan fingerprint density at radius 2 is 1.79 bits per heavy atom. The summed E-state index contributed by atoms with van der Waals surface area (Å²) in [7, 11) is 5.24. The summed E-state index contributed by atoms with van der Waals surface area (Å²) in [5.41, 5.74) is 5.04. The number of aliphatic imine (C=N–C) groups is 1. The van der Waals surface area contributed by atoms with Gasteiger partial charge in [0.15, 0.2) is 23.1 Å². The van der Waals surface area contributed by atoms with Gasteiger partial charge >= 0.3 is 0 Å². The van der Waals surface area contributed by atoms with Gasteiger partial charge in [-0.15, -0.1) is 0 Å². The summed E-state index contributed by atoms with van der Waals surface area (Å²) in [6.45, 7) is 3.55. The number of ether oxygens (including phenoxy) is 2. The van der Waals surface area contributed by atoms with Crippen molar-refractivity contribution in [1.82, 2.24) is 19.0 Å². The predicted octanol–water partition coefficient (Wildman–Crippen LogP) is 5.55. The summed E-state index contributed by atoms with van der Waals surface area (Å²) < 4.78 is 15.1. The van der Waals surface area contributed by atoms with Crippen LogP contribution in [0.15, 0.2) is 59.9 Å². The summed E-state index contributed by atoms with van der Waals surface area (Å²) in [4.78, 5) is 50.0. The molecule has 6 rings (SSSR count). The fourth-order valence-corrected chi connectivity index (χ4v) is 6.09. The molecule has 0 aliphatic carbocycles. The van der Waals surface area contributed by atoms with Crippen LogP contribution in [0.2, 0.25) is 0 Å². The molecule has 2 aromatic carbocycles. The first-order valence-electron chi connectivity index (χ1n) is 16.2. The van der Waals surface area contributed by atoms with Gasteiger partial charge in [0, 0.05) is 68.2 Å². The van der Waals surface area contributed by atoms with E-state index in [1.807, 2.05) is 37.5 Å². The molecule has 1 atom stereocenters. The third-order valence-electron chi connectivity index (χ3n) is 8.86. The van der Waals surface area contributed by atoms with E-state index in [4.69, 9.17) is 9.47 Å². The van der Waals surface area contributed by atoms with Gasteiger partial charge < -0.3 is 29.2 Å². The van der Waals surface area contributed by atoms with Crippen molar-refractivity contribution in [3.63, 3.8) is 0 Å². The predicted molar refractivity (Wildman–Crippen MR) is 185 cm³/mol. The highest BCUT2D eigenvalue weighted by Gasteiger charge is 2.27. The lowest BCUT2D eigenvalue weighted by Gasteiger charge is -2.33. The number of piperidine rings is 1. The SMILES string of the molecule is COc1cc2c(cc1OCCCC(=O)Nc1cn(C)c(C(=O)Nc3ccc(-c4cc(C)n(C)c4)cc3)n1)/N=C\[C@@H]1CCCCN1CC2=O. The number of carbonyl (C=O) groups excluding carboxylic acids is 3. The van der Waals surface area contributed by atoms with Crippen LogP contribution in [-0.4, -0.2) is 75.7 Å². The van der Waals surface area contributed by atoms with E-state index in [0.29, 0.717) is 41.4 Å². The summed E-state index contributed by atoms with van der Waals surface area (Å²) in [5, 5.41) is 5.63. The number of aryl methyl sites for hydroxylation is 3. The molecule has 2 amide bonds. The molecule has 12 nitrogen and oxygen atoms in total. The van der Waals surface area contributed by atoms with Gasteiger partial charge in [-0.2, -0.15) is 0 Å². The topological polar surface area (TPSA) is 132 Å². The zero-order valence-electron chi connectivity index (χ0n) is 27.8. The van der Waals surface area contributed by atoms with Gasteiger partial charge in [0.05, 0.1) is 25.9 Å². The third-order valence-corrected chi connectivity index (χ3v) is 8.86. The number of nitrogens with one attached hydrogen (secondary N) is 2. The molecule has 1 saturated heterocycles. The maximum atomic E-state index is 13.1. The van der Waals surface area contributed by atoms with Gasteiger partial charge in [-0.3, -0.25) is 24.3 Å². The number of Topliss-reactive ketones (excluding diaryl/α,β-unsaturated/α-hetero) is 1. The van der Waals surface area contributed by atoms with E-state index in [2.05, 4.69) is 49.3 Å². The van der Waals surface area contributed by atoms with Crippen LogP contribution >= 0.6 is 0 Å². The molecule has 0 unspecified atom stereocenters. The van der Waals surface area contributed by atoms with E-state index in [1.165, 1.54) is 7.11 Å². The second-order valence-electron chi connectivity index (χ2n) is 12.3. The molecule has 0 bridgehead atoms. The number of aromatic nitrogens is 3. The molecule has 250 valence electrons. The minimum absolute atomic E-state index is 0.0120. The Kier molecular flexibility index (Phi) is 9.72. The molecule has 4 heterocycles. The summed E-state index contributed by atoms with van der Waals surface area (Å²) >= 11 is 0. The summed E-state index contributed by atoms with van der Waals surface area (Å²) in [6.07, 6.45) is 9.39. The van der Waals surface area contributed by atoms with Crippen LogP contribution in [0, 0.1) is 6.92 Å². The molecule has 0 saturated carbocycles. The minimum Gasteiger partial charge on any atom is -0.493 e. The van der Waals surface area contributed by atoms with Crippen LogP contribution in [0.1, 0.15) is 58.8 Å². The molecular weight excluding hydrogens is 610 g/mol. The second kappa shape index (κ2) is 14.3. The molecule has 0 radical (unpaired) electrons. The van der Waals surface area contributed by atoms with Crippen molar-refractivity contribution in [2.24, 2.45) is 19.1 Å². The monoisotopic (exact) mass is 651 g/mol. The maximum Gasteiger partial charge on any atom is 0.291 e. The number of nitrogens with zero attached hydrogens (tertiary/aromatic N) is 5. The van der Waals surface area contributed by atoms with Crippen molar-refractivity contribution in [3.8, 4) is 22.6 Å². The number of fused-ring (bicyclic) bond motifs is 2. The lowest BCUT2D eigenvalue weighted by atomic mass is 9.99. The number of ketones is 1. The van der Waals surface area contributed by atoms with E-state index in [0.717, 1.165) is 42.6 Å². The van der Waals surface area contributed by atoms with Crippen LogP contribution in [0.5, 0.6) is 11.5 Å². The molecule has 0 spiro atoms. The Bertz CT molecular complexity index is 1840. The van der Waals surface area contributed by atoms with E-state index < -0.39 is 0 Å². The van der Waals surface area contributed by atoms with Crippen molar-refractivity contribution < 1.29 is 23.9 Å². The second-order valence-corrected chi connectivity index (χ2v) is 12.3. The summed E-state index contributed by atoms with van der Waals surface area (Å²) in [6, 6.07) is 13.3. The third kappa shape index (κ3) is 7.33. The van der Waals surface area contributed by atoms with Gasteiger partial charge in [-0.05, 0) is 68.1 Å². The number of methoxy groups -OCH3 is 1. The molecule has 2 aromatic heterocycles. The number of benzene rings is 2. The average Bonchev–Trinajstić information content (AvgIpc) is 3.61. The van der Waals surface area contributed by atoms with Crippen LogP contribution in [0.25, 0.3) is 11.1 Å². The first-order valence-corrected chi connectivity index (χ1v) is 16.2. The highest BCUT2D eigenvalue weighted by Crippen LogP contribution is 2.37. The first kappa shape index (κ1) is 32.7. The quantitative estimate of drug-likeness (QED) is 0.215. The average molecular weight is 652 g/mol.